The molecule has 2 aromatic carbocycles. The van der Waals surface area contributed by atoms with Gasteiger partial charge in [0.15, 0.2) is 11.5 Å². The zero-order valence-corrected chi connectivity index (χ0v) is 19.0. The Morgan fingerprint density at radius 3 is 2.39 bits per heavy atom. The highest BCUT2D eigenvalue weighted by Crippen LogP contribution is 2.26. The summed E-state index contributed by atoms with van der Waals surface area (Å²) in [7, 11) is 2.70. The maximum absolute atomic E-state index is 13.4. The average Bonchev–Trinajstić information content (AvgIpc) is 2.81. The Morgan fingerprint density at radius 2 is 1.79 bits per heavy atom. The van der Waals surface area contributed by atoms with Crippen LogP contribution in [0.4, 0.5) is 5.69 Å². The number of nitrogens with one attached hydrogen (secondary N) is 1. The highest BCUT2D eigenvalue weighted by molar-refractivity contribution is 6.03. The van der Waals surface area contributed by atoms with Crippen molar-refractivity contribution in [2.24, 2.45) is 0 Å². The van der Waals surface area contributed by atoms with E-state index < -0.39 is 36.4 Å². The fraction of sp³-hybridized carbons (Fsp3) is 0.375. The summed E-state index contributed by atoms with van der Waals surface area (Å²) in [6.07, 6.45) is 0.789. The van der Waals surface area contributed by atoms with E-state index in [1.165, 1.54) is 26.0 Å². The molecule has 0 saturated carbocycles. The molecule has 0 aliphatic rings. The van der Waals surface area contributed by atoms with Crippen molar-refractivity contribution in [3.8, 4) is 11.5 Å². The second kappa shape index (κ2) is 12.4. The Bertz CT molecular complexity index is 949. The maximum Gasteiger partial charge on any atom is 0.328 e. The van der Waals surface area contributed by atoms with Crippen LogP contribution in [0.15, 0.2) is 48.5 Å². The summed E-state index contributed by atoms with van der Waals surface area (Å²) in [5.74, 6) is -1.86. The van der Waals surface area contributed by atoms with Crippen LogP contribution in [0, 0.1) is 0 Å². The molecule has 1 amide bonds. The fourth-order valence-electron chi connectivity index (χ4n) is 3.44. The van der Waals surface area contributed by atoms with E-state index in [0.29, 0.717) is 30.8 Å². The molecular formula is C24H30N2O7. The van der Waals surface area contributed by atoms with Gasteiger partial charge in [-0.3, -0.25) is 14.5 Å². The number of nitrogens with zero attached hydrogens (tertiary/aromatic N) is 1. The molecule has 2 unspecified atom stereocenters. The Kier molecular flexibility index (Phi) is 9.68. The second-order valence-electron chi connectivity index (χ2n) is 7.46. The number of hydrogen-bond donors (Lipinski definition) is 3. The van der Waals surface area contributed by atoms with Gasteiger partial charge in [-0.25, -0.2) is 4.79 Å². The van der Waals surface area contributed by atoms with E-state index >= 15 is 0 Å². The standard InChI is InChI=1S/C24H30N2O7/c1-16(24(31)33-3)26(18-9-5-4-6-10-18)23(30)19(15-22(28)29)25-13-7-8-17-11-12-20(27)21(14-17)32-2/h4-6,9-12,14,16,19,25,27H,7-8,13,15H2,1-3H3,(H,28,29). The zero-order valence-electron chi connectivity index (χ0n) is 19.0. The molecule has 178 valence electrons. The van der Waals surface area contributed by atoms with Crippen LogP contribution in [-0.4, -0.2) is 60.9 Å². The summed E-state index contributed by atoms with van der Waals surface area (Å²) in [4.78, 5) is 38.3. The van der Waals surface area contributed by atoms with Crippen LogP contribution in [0.3, 0.4) is 0 Å². The number of phenols is 1. The van der Waals surface area contributed by atoms with E-state index in [1.807, 2.05) is 0 Å². The predicted molar refractivity (Wildman–Crippen MR) is 122 cm³/mol. The normalized spacial score (nSPS) is 12.5. The van der Waals surface area contributed by atoms with Crippen LogP contribution in [0.5, 0.6) is 11.5 Å². The number of methoxy groups -OCH3 is 2. The van der Waals surface area contributed by atoms with Crippen LogP contribution in [0.25, 0.3) is 0 Å². The predicted octanol–water partition coefficient (Wildman–Crippen LogP) is 2.36. The largest absolute Gasteiger partial charge is 0.504 e. The van der Waals surface area contributed by atoms with Crippen LogP contribution in [0.1, 0.15) is 25.3 Å². The van der Waals surface area contributed by atoms with Gasteiger partial charge in [-0.05, 0) is 56.1 Å². The number of aromatic hydroxyl groups is 1. The lowest BCUT2D eigenvalue weighted by molar-refractivity contribution is -0.143. The lowest BCUT2D eigenvalue weighted by Crippen LogP contribution is -2.53. The van der Waals surface area contributed by atoms with Crippen molar-refractivity contribution in [3.63, 3.8) is 0 Å². The first-order chi connectivity index (χ1) is 15.8. The van der Waals surface area contributed by atoms with E-state index in [4.69, 9.17) is 9.47 Å². The number of ether oxygens (including phenoxy) is 2. The van der Waals surface area contributed by atoms with Crippen molar-refractivity contribution >= 4 is 23.5 Å². The number of carboxylic acids is 1. The van der Waals surface area contributed by atoms with Crippen molar-refractivity contribution in [1.29, 1.82) is 0 Å². The number of carboxylic acid groups (broad SMARTS) is 1. The molecule has 0 saturated heterocycles. The quantitative estimate of drug-likeness (QED) is 0.327. The highest BCUT2D eigenvalue weighted by atomic mass is 16.5. The van der Waals surface area contributed by atoms with Gasteiger partial charge in [-0.15, -0.1) is 0 Å². The average molecular weight is 459 g/mol. The third-order valence-electron chi connectivity index (χ3n) is 5.16. The summed E-state index contributed by atoms with van der Waals surface area (Å²) >= 11 is 0. The summed E-state index contributed by atoms with van der Waals surface area (Å²) in [6.45, 7) is 1.90. The number of phenolic OH excluding ortho intramolecular Hbond substituents is 1. The summed E-state index contributed by atoms with van der Waals surface area (Å²) in [6, 6.07) is 11.6. The summed E-state index contributed by atoms with van der Waals surface area (Å²) < 4.78 is 9.91. The number of benzene rings is 2. The smallest absolute Gasteiger partial charge is 0.328 e. The van der Waals surface area contributed by atoms with Crippen molar-refractivity contribution in [2.45, 2.75) is 38.3 Å². The van der Waals surface area contributed by atoms with Crippen molar-refractivity contribution in [2.75, 3.05) is 25.7 Å². The first-order valence-corrected chi connectivity index (χ1v) is 10.6. The fourth-order valence-corrected chi connectivity index (χ4v) is 3.44. The molecule has 2 rings (SSSR count). The molecule has 9 nitrogen and oxygen atoms in total. The van der Waals surface area contributed by atoms with Crippen molar-refractivity contribution in [3.05, 3.63) is 54.1 Å². The van der Waals surface area contributed by atoms with Crippen LogP contribution >= 0.6 is 0 Å². The van der Waals surface area contributed by atoms with Gasteiger partial charge in [0.25, 0.3) is 0 Å². The molecule has 0 bridgehead atoms. The molecule has 0 fully saturated rings. The monoisotopic (exact) mass is 458 g/mol. The summed E-state index contributed by atoms with van der Waals surface area (Å²) in [5.41, 5.74) is 1.39. The van der Waals surface area contributed by atoms with E-state index in [-0.39, 0.29) is 5.75 Å². The van der Waals surface area contributed by atoms with Crippen LogP contribution < -0.4 is 15.0 Å². The second-order valence-corrected chi connectivity index (χ2v) is 7.46. The molecule has 0 aliphatic heterocycles. The SMILES string of the molecule is COC(=O)C(C)N(C(=O)C(CC(=O)O)NCCCc1ccc(O)c(OC)c1)c1ccccc1. The Labute approximate surface area is 192 Å². The topological polar surface area (TPSA) is 125 Å². The number of hydrogen-bond acceptors (Lipinski definition) is 7. The van der Waals surface area contributed by atoms with Gasteiger partial charge >= 0.3 is 11.9 Å². The van der Waals surface area contributed by atoms with Crippen molar-refractivity contribution in [1.82, 2.24) is 5.32 Å². The van der Waals surface area contributed by atoms with Gasteiger partial charge in [0, 0.05) is 5.69 Å². The number of esters is 1. The molecular weight excluding hydrogens is 428 g/mol. The number of aryl methyl sites for hydroxylation is 1. The molecule has 0 aromatic heterocycles. The Morgan fingerprint density at radius 1 is 1.09 bits per heavy atom. The first kappa shape index (κ1) is 25.7. The van der Waals surface area contributed by atoms with E-state index in [9.17, 15) is 24.6 Å². The molecule has 0 aliphatic carbocycles. The van der Waals surface area contributed by atoms with Gasteiger partial charge in [0.1, 0.15) is 6.04 Å². The Hall–Kier alpha value is -3.59. The van der Waals surface area contributed by atoms with Gasteiger partial charge in [-0.2, -0.15) is 0 Å². The number of carbonyl (C=O) groups excluding carboxylic acids is 2. The number of carbonyl (C=O) groups is 3. The molecule has 2 atom stereocenters. The molecule has 0 heterocycles. The van der Waals surface area contributed by atoms with Gasteiger partial charge in [0.05, 0.1) is 26.7 Å². The van der Waals surface area contributed by atoms with E-state index in [0.717, 1.165) is 5.56 Å². The minimum atomic E-state index is -1.14. The number of amides is 1. The molecule has 33 heavy (non-hydrogen) atoms. The van der Waals surface area contributed by atoms with Gasteiger partial charge in [0.2, 0.25) is 5.91 Å². The molecule has 0 radical (unpaired) electrons. The Balaban J connectivity index is 2.13. The zero-order chi connectivity index (χ0) is 24.4. The molecule has 3 N–H and O–H groups in total. The van der Waals surface area contributed by atoms with E-state index in [1.54, 1.807) is 48.5 Å². The number of rotatable bonds is 12. The lowest BCUT2D eigenvalue weighted by atomic mass is 10.1. The third kappa shape index (κ3) is 7.21. The van der Waals surface area contributed by atoms with Gasteiger partial charge < -0.3 is 25.0 Å². The molecule has 0 spiro atoms. The van der Waals surface area contributed by atoms with Crippen molar-refractivity contribution < 1.29 is 34.1 Å². The van der Waals surface area contributed by atoms with Crippen LogP contribution in [-0.2, 0) is 25.5 Å². The van der Waals surface area contributed by atoms with E-state index in [2.05, 4.69) is 5.32 Å². The van der Waals surface area contributed by atoms with Crippen LogP contribution in [0.2, 0.25) is 0 Å². The third-order valence-corrected chi connectivity index (χ3v) is 5.16. The summed E-state index contributed by atoms with van der Waals surface area (Å²) in [5, 5.41) is 22.1. The molecule has 9 heteroatoms. The minimum Gasteiger partial charge on any atom is -0.504 e. The maximum atomic E-state index is 13.4. The minimum absolute atomic E-state index is 0.0484. The number of aliphatic carboxylic acids is 1. The van der Waals surface area contributed by atoms with Gasteiger partial charge in [-0.1, -0.05) is 24.3 Å². The number of para-hydroxylation sites is 1. The lowest BCUT2D eigenvalue weighted by Gasteiger charge is -2.31. The number of anilines is 1. The molecule has 2 aromatic rings. The first-order valence-electron chi connectivity index (χ1n) is 10.6. The highest BCUT2D eigenvalue weighted by Gasteiger charge is 2.33.